The first-order valence-corrected chi connectivity index (χ1v) is 6.42. The van der Waals surface area contributed by atoms with Crippen LogP contribution in [0.1, 0.15) is 25.3 Å². The van der Waals surface area contributed by atoms with Gasteiger partial charge in [0.25, 0.3) is 0 Å². The summed E-state index contributed by atoms with van der Waals surface area (Å²) in [6.45, 7) is 2.01. The zero-order valence-corrected chi connectivity index (χ0v) is 11.5. The highest BCUT2D eigenvalue weighted by molar-refractivity contribution is 9.10. The van der Waals surface area contributed by atoms with E-state index in [0.29, 0.717) is 10.9 Å². The Hall–Kier alpha value is -0.750. The molecular weight excluding hydrogens is 311 g/mol. The van der Waals surface area contributed by atoms with Crippen LogP contribution in [-0.2, 0) is 6.18 Å². The molecule has 0 aliphatic heterocycles. The van der Waals surface area contributed by atoms with E-state index in [4.69, 9.17) is 0 Å². The largest absolute Gasteiger partial charge is 0.418 e. The Kier molecular flexibility index (Phi) is 5.47. The standard InChI is InChI=1S/C12H15BrF3NO/c1-2-3-9(18)7-17-11-6-8(13)4-5-10(11)12(14,15)16/h4-6,9,17-18H,2-3,7H2,1H3. The molecule has 0 radical (unpaired) electrons. The summed E-state index contributed by atoms with van der Waals surface area (Å²) in [6, 6.07) is 3.72. The highest BCUT2D eigenvalue weighted by Gasteiger charge is 2.33. The van der Waals surface area contributed by atoms with E-state index in [-0.39, 0.29) is 12.2 Å². The van der Waals surface area contributed by atoms with Crippen molar-refractivity contribution in [3.05, 3.63) is 28.2 Å². The average molecular weight is 326 g/mol. The Morgan fingerprint density at radius 1 is 1.39 bits per heavy atom. The first kappa shape index (κ1) is 15.3. The Bertz CT molecular complexity index is 395. The predicted octanol–water partition coefficient (Wildman–Crippen LogP) is 4.04. The summed E-state index contributed by atoms with van der Waals surface area (Å²) in [5, 5.41) is 12.2. The van der Waals surface area contributed by atoms with Crippen LogP contribution in [0.25, 0.3) is 0 Å². The molecule has 102 valence electrons. The van der Waals surface area contributed by atoms with Crippen molar-refractivity contribution in [2.75, 3.05) is 11.9 Å². The maximum Gasteiger partial charge on any atom is 0.418 e. The fourth-order valence-electron chi connectivity index (χ4n) is 1.57. The molecule has 1 rings (SSSR count). The molecule has 0 amide bonds. The molecule has 2 nitrogen and oxygen atoms in total. The third kappa shape index (κ3) is 4.49. The van der Waals surface area contributed by atoms with Gasteiger partial charge in [0, 0.05) is 16.7 Å². The summed E-state index contributed by atoms with van der Waals surface area (Å²) < 4.78 is 38.8. The van der Waals surface area contributed by atoms with E-state index in [1.165, 1.54) is 12.1 Å². The Balaban J connectivity index is 2.83. The minimum Gasteiger partial charge on any atom is -0.391 e. The van der Waals surface area contributed by atoms with Gasteiger partial charge in [-0.25, -0.2) is 0 Å². The molecule has 1 aromatic rings. The highest BCUT2D eigenvalue weighted by Crippen LogP contribution is 2.36. The maximum absolute atomic E-state index is 12.7. The Morgan fingerprint density at radius 3 is 2.61 bits per heavy atom. The van der Waals surface area contributed by atoms with Gasteiger partial charge in [-0.15, -0.1) is 0 Å². The average Bonchev–Trinajstić information content (AvgIpc) is 2.25. The number of hydrogen-bond acceptors (Lipinski definition) is 2. The fraction of sp³-hybridized carbons (Fsp3) is 0.500. The summed E-state index contributed by atoms with van der Waals surface area (Å²) in [4.78, 5) is 0. The summed E-state index contributed by atoms with van der Waals surface area (Å²) in [6.07, 6.45) is -3.70. The van der Waals surface area contributed by atoms with Crippen LogP contribution < -0.4 is 5.32 Å². The van der Waals surface area contributed by atoms with E-state index in [0.717, 1.165) is 12.5 Å². The smallest absolute Gasteiger partial charge is 0.391 e. The SMILES string of the molecule is CCCC(O)CNc1cc(Br)ccc1C(F)(F)F. The van der Waals surface area contributed by atoms with Crippen LogP contribution in [-0.4, -0.2) is 17.8 Å². The lowest BCUT2D eigenvalue weighted by molar-refractivity contribution is -0.137. The van der Waals surface area contributed by atoms with Gasteiger partial charge in [-0.3, -0.25) is 0 Å². The van der Waals surface area contributed by atoms with E-state index in [2.05, 4.69) is 21.2 Å². The first-order chi connectivity index (χ1) is 8.34. The van der Waals surface area contributed by atoms with Crippen molar-refractivity contribution in [3.63, 3.8) is 0 Å². The molecular formula is C12H15BrF3NO. The van der Waals surface area contributed by atoms with Crippen molar-refractivity contribution in [2.24, 2.45) is 0 Å². The number of benzene rings is 1. The van der Waals surface area contributed by atoms with Crippen molar-refractivity contribution < 1.29 is 18.3 Å². The van der Waals surface area contributed by atoms with Gasteiger partial charge in [0.2, 0.25) is 0 Å². The van der Waals surface area contributed by atoms with Gasteiger partial charge >= 0.3 is 6.18 Å². The number of anilines is 1. The van der Waals surface area contributed by atoms with Gasteiger partial charge in [0.05, 0.1) is 11.7 Å². The Morgan fingerprint density at radius 2 is 2.06 bits per heavy atom. The predicted molar refractivity (Wildman–Crippen MR) is 68.5 cm³/mol. The second-order valence-corrected chi connectivity index (χ2v) is 4.93. The Labute approximate surface area is 112 Å². The molecule has 0 aliphatic carbocycles. The van der Waals surface area contributed by atoms with Crippen LogP contribution in [0.3, 0.4) is 0 Å². The molecule has 0 aromatic heterocycles. The van der Waals surface area contributed by atoms with Crippen LogP contribution in [0, 0.1) is 0 Å². The molecule has 6 heteroatoms. The number of nitrogens with one attached hydrogen (secondary N) is 1. The van der Waals surface area contributed by atoms with Crippen LogP contribution in [0.5, 0.6) is 0 Å². The van der Waals surface area contributed by atoms with Crippen LogP contribution in [0.4, 0.5) is 18.9 Å². The van der Waals surface area contributed by atoms with Gasteiger partial charge < -0.3 is 10.4 Å². The molecule has 1 aromatic carbocycles. The van der Waals surface area contributed by atoms with Crippen molar-refractivity contribution in [3.8, 4) is 0 Å². The van der Waals surface area contributed by atoms with Crippen LogP contribution in [0.2, 0.25) is 0 Å². The highest BCUT2D eigenvalue weighted by atomic mass is 79.9. The van der Waals surface area contributed by atoms with Crippen molar-refractivity contribution >= 4 is 21.6 Å². The van der Waals surface area contributed by atoms with E-state index in [1.807, 2.05) is 6.92 Å². The number of alkyl halides is 3. The van der Waals surface area contributed by atoms with Crippen molar-refractivity contribution in [2.45, 2.75) is 32.0 Å². The maximum atomic E-state index is 12.7. The summed E-state index contributed by atoms with van der Waals surface area (Å²) >= 11 is 3.13. The summed E-state index contributed by atoms with van der Waals surface area (Å²) in [5.41, 5.74) is -0.749. The molecule has 0 fully saturated rings. The van der Waals surface area contributed by atoms with E-state index < -0.39 is 17.8 Å². The van der Waals surface area contributed by atoms with E-state index in [9.17, 15) is 18.3 Å². The molecule has 2 N–H and O–H groups in total. The van der Waals surface area contributed by atoms with Gasteiger partial charge in [-0.05, 0) is 24.6 Å². The summed E-state index contributed by atoms with van der Waals surface area (Å²) in [7, 11) is 0. The second kappa shape index (κ2) is 6.43. The molecule has 18 heavy (non-hydrogen) atoms. The van der Waals surface area contributed by atoms with Gasteiger partial charge in [-0.2, -0.15) is 13.2 Å². The topological polar surface area (TPSA) is 32.3 Å². The minimum absolute atomic E-state index is 0.0213. The molecule has 1 unspecified atom stereocenters. The van der Waals surface area contributed by atoms with E-state index in [1.54, 1.807) is 0 Å². The molecule has 0 spiro atoms. The summed E-state index contributed by atoms with van der Waals surface area (Å²) in [5.74, 6) is 0. The zero-order chi connectivity index (χ0) is 13.8. The lowest BCUT2D eigenvalue weighted by Gasteiger charge is -2.17. The molecule has 0 heterocycles. The van der Waals surface area contributed by atoms with Gasteiger partial charge in [0.1, 0.15) is 0 Å². The molecule has 0 saturated heterocycles. The number of aliphatic hydroxyl groups is 1. The number of rotatable bonds is 5. The molecule has 0 bridgehead atoms. The monoisotopic (exact) mass is 325 g/mol. The second-order valence-electron chi connectivity index (χ2n) is 4.01. The van der Waals surface area contributed by atoms with Crippen LogP contribution in [0.15, 0.2) is 22.7 Å². The fourth-order valence-corrected chi connectivity index (χ4v) is 1.93. The number of hydrogen-bond donors (Lipinski definition) is 2. The normalized spacial score (nSPS) is 13.4. The molecule has 0 saturated carbocycles. The number of aliphatic hydroxyl groups excluding tert-OH is 1. The van der Waals surface area contributed by atoms with Crippen molar-refractivity contribution in [1.29, 1.82) is 0 Å². The first-order valence-electron chi connectivity index (χ1n) is 5.63. The van der Waals surface area contributed by atoms with Crippen LogP contribution >= 0.6 is 15.9 Å². The molecule has 0 aliphatic rings. The quantitative estimate of drug-likeness (QED) is 0.856. The lowest BCUT2D eigenvalue weighted by Crippen LogP contribution is -2.21. The number of halogens is 4. The van der Waals surface area contributed by atoms with E-state index >= 15 is 0 Å². The zero-order valence-electron chi connectivity index (χ0n) is 9.89. The van der Waals surface area contributed by atoms with Gasteiger partial charge in [-0.1, -0.05) is 29.3 Å². The third-order valence-electron chi connectivity index (χ3n) is 2.44. The van der Waals surface area contributed by atoms with Gasteiger partial charge in [0.15, 0.2) is 0 Å². The molecule has 1 atom stereocenters. The van der Waals surface area contributed by atoms with Crippen molar-refractivity contribution in [1.82, 2.24) is 0 Å². The lowest BCUT2D eigenvalue weighted by atomic mass is 10.1. The third-order valence-corrected chi connectivity index (χ3v) is 2.93. The minimum atomic E-state index is -4.40.